The average molecular weight is 269 g/mol. The van der Waals surface area contributed by atoms with Crippen molar-refractivity contribution in [3.05, 3.63) is 0 Å². The summed E-state index contributed by atoms with van der Waals surface area (Å²) in [5.74, 6) is 0.0678. The SMILES string of the molecule is CCC(CC)N(CCOC)CC(=O)N(C)CCC#N. The highest BCUT2D eigenvalue weighted by molar-refractivity contribution is 5.78. The lowest BCUT2D eigenvalue weighted by Crippen LogP contribution is -2.44. The van der Waals surface area contributed by atoms with Crippen molar-refractivity contribution in [2.75, 3.05) is 40.4 Å². The third-order valence-corrected chi connectivity index (χ3v) is 3.36. The largest absolute Gasteiger partial charge is 0.383 e. The summed E-state index contributed by atoms with van der Waals surface area (Å²) >= 11 is 0. The number of amides is 1. The van der Waals surface area contributed by atoms with Gasteiger partial charge < -0.3 is 9.64 Å². The summed E-state index contributed by atoms with van der Waals surface area (Å²) < 4.78 is 5.11. The van der Waals surface area contributed by atoms with Crippen LogP contribution >= 0.6 is 0 Å². The van der Waals surface area contributed by atoms with E-state index in [2.05, 4.69) is 24.8 Å². The van der Waals surface area contributed by atoms with E-state index >= 15 is 0 Å². The van der Waals surface area contributed by atoms with Crippen molar-refractivity contribution in [1.29, 1.82) is 5.26 Å². The third-order valence-electron chi connectivity index (χ3n) is 3.36. The number of carbonyl (C=O) groups is 1. The zero-order chi connectivity index (χ0) is 14.7. The molecule has 0 aromatic heterocycles. The molecule has 5 heteroatoms. The number of hydrogen-bond acceptors (Lipinski definition) is 4. The second-order valence-corrected chi connectivity index (χ2v) is 4.66. The van der Waals surface area contributed by atoms with Crippen LogP contribution in [0.4, 0.5) is 0 Å². The Bertz CT molecular complexity index is 285. The highest BCUT2D eigenvalue weighted by Gasteiger charge is 2.19. The summed E-state index contributed by atoms with van der Waals surface area (Å²) in [7, 11) is 3.42. The van der Waals surface area contributed by atoms with Crippen LogP contribution in [0.25, 0.3) is 0 Å². The van der Waals surface area contributed by atoms with E-state index in [-0.39, 0.29) is 5.91 Å². The van der Waals surface area contributed by atoms with Crippen LogP contribution in [0.1, 0.15) is 33.1 Å². The molecule has 0 spiro atoms. The zero-order valence-electron chi connectivity index (χ0n) is 12.7. The Labute approximate surface area is 117 Å². The monoisotopic (exact) mass is 269 g/mol. The molecule has 0 rings (SSSR count). The van der Waals surface area contributed by atoms with E-state index in [0.29, 0.717) is 32.2 Å². The van der Waals surface area contributed by atoms with Gasteiger partial charge in [0.15, 0.2) is 0 Å². The lowest BCUT2D eigenvalue weighted by Gasteiger charge is -2.31. The van der Waals surface area contributed by atoms with Gasteiger partial charge in [0.1, 0.15) is 0 Å². The summed E-state index contributed by atoms with van der Waals surface area (Å²) in [6.07, 6.45) is 2.43. The van der Waals surface area contributed by atoms with Crippen LogP contribution < -0.4 is 0 Å². The van der Waals surface area contributed by atoms with Gasteiger partial charge in [-0.25, -0.2) is 0 Å². The molecule has 0 atom stereocenters. The molecule has 0 aromatic carbocycles. The maximum Gasteiger partial charge on any atom is 0.236 e. The zero-order valence-corrected chi connectivity index (χ0v) is 12.7. The van der Waals surface area contributed by atoms with Crippen molar-refractivity contribution >= 4 is 5.91 Å². The molecule has 0 aliphatic heterocycles. The van der Waals surface area contributed by atoms with Crippen LogP contribution in [0.15, 0.2) is 0 Å². The number of nitrogens with zero attached hydrogens (tertiary/aromatic N) is 3. The van der Waals surface area contributed by atoms with Gasteiger partial charge in [0.2, 0.25) is 5.91 Å². The first-order valence-electron chi connectivity index (χ1n) is 6.94. The molecule has 5 nitrogen and oxygen atoms in total. The maximum absolute atomic E-state index is 12.1. The molecule has 0 unspecified atom stereocenters. The molecule has 1 amide bonds. The quantitative estimate of drug-likeness (QED) is 0.603. The van der Waals surface area contributed by atoms with Crippen LogP contribution in [0.2, 0.25) is 0 Å². The van der Waals surface area contributed by atoms with Crippen LogP contribution in [0, 0.1) is 11.3 Å². The molecular weight excluding hydrogens is 242 g/mol. The molecular formula is C14H27N3O2. The molecule has 0 bridgehead atoms. The number of methoxy groups -OCH3 is 1. The van der Waals surface area contributed by atoms with Gasteiger partial charge in [-0.05, 0) is 12.8 Å². The van der Waals surface area contributed by atoms with E-state index in [1.54, 1.807) is 19.1 Å². The van der Waals surface area contributed by atoms with Crippen molar-refractivity contribution < 1.29 is 9.53 Å². The van der Waals surface area contributed by atoms with E-state index in [1.807, 2.05) is 0 Å². The van der Waals surface area contributed by atoms with Crippen LogP contribution in [-0.2, 0) is 9.53 Å². The highest BCUT2D eigenvalue weighted by Crippen LogP contribution is 2.08. The second-order valence-electron chi connectivity index (χ2n) is 4.66. The fraction of sp³-hybridized carbons (Fsp3) is 0.857. The number of likely N-dealkylation sites (N-methyl/N-ethyl adjacent to an activating group) is 1. The van der Waals surface area contributed by atoms with Gasteiger partial charge in [-0.1, -0.05) is 13.8 Å². The Morgan fingerprint density at radius 1 is 1.32 bits per heavy atom. The smallest absolute Gasteiger partial charge is 0.236 e. The van der Waals surface area contributed by atoms with E-state index in [4.69, 9.17) is 10.00 Å². The lowest BCUT2D eigenvalue weighted by atomic mass is 10.1. The fourth-order valence-electron chi connectivity index (χ4n) is 2.04. The number of nitriles is 1. The maximum atomic E-state index is 12.1. The molecule has 0 radical (unpaired) electrons. The minimum Gasteiger partial charge on any atom is -0.383 e. The Balaban J connectivity index is 4.44. The average Bonchev–Trinajstić information content (AvgIpc) is 2.42. The number of carbonyl (C=O) groups excluding carboxylic acids is 1. The molecule has 0 saturated carbocycles. The minimum absolute atomic E-state index is 0.0678. The molecule has 0 aliphatic carbocycles. The van der Waals surface area contributed by atoms with Gasteiger partial charge >= 0.3 is 0 Å². The standard InChI is InChI=1S/C14H27N3O2/c1-5-13(6-2)17(10-11-19-4)12-14(18)16(3)9-7-8-15/h13H,5-7,9-12H2,1-4H3. The van der Waals surface area contributed by atoms with Gasteiger partial charge in [0.05, 0.1) is 25.6 Å². The third kappa shape index (κ3) is 7.14. The summed E-state index contributed by atoms with van der Waals surface area (Å²) in [6.45, 7) is 6.57. The second kappa shape index (κ2) is 10.8. The van der Waals surface area contributed by atoms with Crippen molar-refractivity contribution in [2.24, 2.45) is 0 Å². The molecule has 0 heterocycles. The van der Waals surface area contributed by atoms with E-state index in [0.717, 1.165) is 19.4 Å². The molecule has 0 N–H and O–H groups in total. The number of hydrogen-bond donors (Lipinski definition) is 0. The Morgan fingerprint density at radius 3 is 2.42 bits per heavy atom. The van der Waals surface area contributed by atoms with Crippen LogP contribution in [0.5, 0.6) is 0 Å². The molecule has 0 aromatic rings. The van der Waals surface area contributed by atoms with E-state index in [1.165, 1.54) is 0 Å². The van der Waals surface area contributed by atoms with Crippen molar-refractivity contribution in [3.8, 4) is 6.07 Å². The number of rotatable bonds is 10. The van der Waals surface area contributed by atoms with Crippen molar-refractivity contribution in [2.45, 2.75) is 39.2 Å². The van der Waals surface area contributed by atoms with Gasteiger partial charge in [-0.3, -0.25) is 9.69 Å². The van der Waals surface area contributed by atoms with Gasteiger partial charge in [0, 0.05) is 33.3 Å². The first kappa shape index (κ1) is 17.9. The predicted molar refractivity (Wildman–Crippen MR) is 75.7 cm³/mol. The molecule has 0 fully saturated rings. The molecule has 110 valence electrons. The van der Waals surface area contributed by atoms with E-state index in [9.17, 15) is 4.79 Å². The lowest BCUT2D eigenvalue weighted by molar-refractivity contribution is -0.131. The van der Waals surface area contributed by atoms with Crippen LogP contribution in [-0.4, -0.2) is 62.1 Å². The first-order chi connectivity index (χ1) is 9.10. The van der Waals surface area contributed by atoms with Gasteiger partial charge in [-0.15, -0.1) is 0 Å². The summed E-state index contributed by atoms with van der Waals surface area (Å²) in [6, 6.07) is 2.46. The Hall–Kier alpha value is -1.12. The predicted octanol–water partition coefficient (Wildman–Crippen LogP) is 1.50. The normalized spacial score (nSPS) is 10.8. The molecule has 0 saturated heterocycles. The summed E-state index contributed by atoms with van der Waals surface area (Å²) in [5.41, 5.74) is 0. The Morgan fingerprint density at radius 2 is 1.95 bits per heavy atom. The molecule has 19 heavy (non-hydrogen) atoms. The summed E-state index contributed by atoms with van der Waals surface area (Å²) in [4.78, 5) is 15.9. The summed E-state index contributed by atoms with van der Waals surface area (Å²) in [5, 5.41) is 8.54. The Kier molecular flexibility index (Phi) is 10.1. The minimum atomic E-state index is 0.0678. The fourth-order valence-corrected chi connectivity index (χ4v) is 2.04. The number of ether oxygens (including phenoxy) is 1. The topological polar surface area (TPSA) is 56.6 Å². The van der Waals surface area contributed by atoms with Gasteiger partial charge in [0.25, 0.3) is 0 Å². The van der Waals surface area contributed by atoms with E-state index < -0.39 is 0 Å². The molecule has 0 aliphatic rings. The van der Waals surface area contributed by atoms with Crippen molar-refractivity contribution in [3.63, 3.8) is 0 Å². The first-order valence-corrected chi connectivity index (χ1v) is 6.94. The van der Waals surface area contributed by atoms with Gasteiger partial charge in [-0.2, -0.15) is 5.26 Å². The van der Waals surface area contributed by atoms with Crippen molar-refractivity contribution in [1.82, 2.24) is 9.80 Å². The van der Waals surface area contributed by atoms with Crippen LogP contribution in [0.3, 0.4) is 0 Å². The highest BCUT2D eigenvalue weighted by atomic mass is 16.5.